The highest BCUT2D eigenvalue weighted by atomic mass is 32.2. The van der Waals surface area contributed by atoms with E-state index in [1.165, 1.54) is 27.2 Å². The fourth-order valence-electron chi connectivity index (χ4n) is 3.99. The van der Waals surface area contributed by atoms with Crippen molar-refractivity contribution in [3.05, 3.63) is 50.7 Å². The van der Waals surface area contributed by atoms with Crippen LogP contribution in [-0.4, -0.2) is 58.8 Å². The first-order valence-electron chi connectivity index (χ1n) is 10.3. The van der Waals surface area contributed by atoms with E-state index in [4.69, 9.17) is 4.74 Å². The fraction of sp³-hybridized carbons (Fsp3) is 0.579. The van der Waals surface area contributed by atoms with Crippen LogP contribution >= 0.6 is 0 Å². The maximum absolute atomic E-state index is 13.2. The molecule has 0 radical (unpaired) electrons. The lowest BCUT2D eigenvalue weighted by Crippen LogP contribution is -2.40. The fourth-order valence-corrected chi connectivity index (χ4v) is 5.56. The maximum atomic E-state index is 13.2. The monoisotopic (exact) mass is 451 g/mol. The molecule has 0 bridgehead atoms. The summed E-state index contributed by atoms with van der Waals surface area (Å²) in [4.78, 5) is 23.2. The first-order valence-corrected chi connectivity index (χ1v) is 11.7. The van der Waals surface area contributed by atoms with Crippen molar-refractivity contribution in [2.75, 3.05) is 26.8 Å². The molecule has 1 saturated heterocycles. The Labute approximate surface area is 179 Å². The number of ether oxygens (including phenoxy) is 1. The van der Waals surface area contributed by atoms with Gasteiger partial charge < -0.3 is 4.74 Å². The molecule has 4 rings (SSSR count). The molecule has 1 saturated carbocycles. The number of non-ortho nitro benzene ring substituents is 1. The molecule has 2 aromatic rings. The van der Waals surface area contributed by atoms with Gasteiger partial charge in [-0.1, -0.05) is 6.07 Å². The Balaban J connectivity index is 1.63. The van der Waals surface area contributed by atoms with Crippen LogP contribution in [0.5, 0.6) is 0 Å². The molecule has 1 atom stereocenters. The number of benzene rings is 1. The van der Waals surface area contributed by atoms with E-state index in [0.717, 1.165) is 18.9 Å². The summed E-state index contributed by atoms with van der Waals surface area (Å²) in [6, 6.07) is 5.19. The zero-order chi connectivity index (χ0) is 22.2. The number of aromatic nitrogens is 3. The molecule has 31 heavy (non-hydrogen) atoms. The second kappa shape index (κ2) is 8.52. The molecule has 12 heteroatoms. The third-order valence-electron chi connectivity index (χ3n) is 5.73. The quantitative estimate of drug-likeness (QED) is 0.439. The number of methoxy groups -OCH3 is 1. The minimum absolute atomic E-state index is 0.104. The second-order valence-corrected chi connectivity index (χ2v) is 9.85. The molecule has 168 valence electrons. The minimum Gasteiger partial charge on any atom is -0.383 e. The van der Waals surface area contributed by atoms with Gasteiger partial charge >= 0.3 is 5.69 Å². The molecule has 0 amide bonds. The highest BCUT2D eigenvalue weighted by Crippen LogP contribution is 2.38. The van der Waals surface area contributed by atoms with Crippen molar-refractivity contribution in [3.8, 4) is 0 Å². The number of hydrogen-bond donors (Lipinski definition) is 0. The van der Waals surface area contributed by atoms with Crippen molar-refractivity contribution in [2.24, 2.45) is 0 Å². The van der Waals surface area contributed by atoms with Crippen LogP contribution in [-0.2, 0) is 21.3 Å². The zero-order valence-electron chi connectivity index (χ0n) is 17.2. The van der Waals surface area contributed by atoms with Gasteiger partial charge in [0.25, 0.3) is 5.69 Å². The first-order chi connectivity index (χ1) is 14.8. The summed E-state index contributed by atoms with van der Waals surface area (Å²) in [7, 11) is -2.35. The van der Waals surface area contributed by atoms with E-state index in [2.05, 4.69) is 5.10 Å². The summed E-state index contributed by atoms with van der Waals surface area (Å²) in [5.41, 5.74) is -0.456. The van der Waals surface area contributed by atoms with Crippen molar-refractivity contribution in [3.63, 3.8) is 0 Å². The summed E-state index contributed by atoms with van der Waals surface area (Å²) in [5.74, 6) is 0.391. The molecule has 2 fully saturated rings. The Morgan fingerprint density at radius 2 is 2.06 bits per heavy atom. The normalized spacial score (nSPS) is 20.1. The number of rotatable bonds is 8. The smallest absolute Gasteiger partial charge is 0.346 e. The molecule has 0 spiro atoms. The summed E-state index contributed by atoms with van der Waals surface area (Å²) in [5, 5.41) is 15.6. The van der Waals surface area contributed by atoms with Crippen molar-refractivity contribution in [1.82, 2.24) is 18.7 Å². The van der Waals surface area contributed by atoms with Gasteiger partial charge in [0.15, 0.2) is 0 Å². The third-order valence-corrected chi connectivity index (χ3v) is 7.59. The van der Waals surface area contributed by atoms with Crippen LogP contribution in [0.2, 0.25) is 0 Å². The van der Waals surface area contributed by atoms with E-state index in [1.807, 2.05) is 0 Å². The minimum atomic E-state index is -3.91. The first kappa shape index (κ1) is 21.7. The molecule has 2 aliphatic rings. The van der Waals surface area contributed by atoms with Crippen molar-refractivity contribution in [2.45, 2.75) is 49.1 Å². The predicted octanol–water partition coefficient (Wildman–Crippen LogP) is 1.50. The summed E-state index contributed by atoms with van der Waals surface area (Å²) in [6.07, 6.45) is 3.15. The Hall–Kier alpha value is -2.57. The van der Waals surface area contributed by atoms with Crippen molar-refractivity contribution >= 4 is 15.7 Å². The number of nitrogens with zero attached hydrogens (tertiary/aromatic N) is 5. The van der Waals surface area contributed by atoms with Gasteiger partial charge in [0.1, 0.15) is 5.82 Å². The summed E-state index contributed by atoms with van der Waals surface area (Å²) >= 11 is 0. The average Bonchev–Trinajstić information content (AvgIpc) is 3.55. The molecular formula is C19H25N5O6S. The van der Waals surface area contributed by atoms with E-state index < -0.39 is 14.9 Å². The molecule has 2 heterocycles. The van der Waals surface area contributed by atoms with E-state index in [9.17, 15) is 23.3 Å². The molecule has 1 unspecified atom stereocenters. The highest BCUT2D eigenvalue weighted by Gasteiger charge is 2.37. The number of sulfonamides is 1. The Kier molecular flexibility index (Phi) is 5.95. The van der Waals surface area contributed by atoms with Gasteiger partial charge in [0.05, 0.1) is 23.0 Å². The van der Waals surface area contributed by atoms with Crippen LogP contribution in [0.25, 0.3) is 0 Å². The van der Waals surface area contributed by atoms with E-state index in [1.54, 1.807) is 11.7 Å². The van der Waals surface area contributed by atoms with Gasteiger partial charge in [0.2, 0.25) is 10.0 Å². The van der Waals surface area contributed by atoms with Crippen LogP contribution in [0.15, 0.2) is 34.0 Å². The van der Waals surface area contributed by atoms with Crippen LogP contribution < -0.4 is 5.69 Å². The number of piperidine rings is 1. The Bertz CT molecular complexity index is 1140. The molecule has 1 aromatic carbocycles. The van der Waals surface area contributed by atoms with Gasteiger partial charge in [-0.3, -0.25) is 14.7 Å². The Morgan fingerprint density at radius 1 is 1.29 bits per heavy atom. The predicted molar refractivity (Wildman–Crippen MR) is 110 cm³/mol. The van der Waals surface area contributed by atoms with E-state index in [-0.39, 0.29) is 34.8 Å². The van der Waals surface area contributed by atoms with Crippen LogP contribution in [0.4, 0.5) is 5.69 Å². The molecule has 11 nitrogen and oxygen atoms in total. The van der Waals surface area contributed by atoms with Crippen LogP contribution in [0, 0.1) is 10.1 Å². The third kappa shape index (κ3) is 4.27. The van der Waals surface area contributed by atoms with Crippen LogP contribution in [0.1, 0.15) is 43.5 Å². The SMILES string of the molecule is COCCn1nc(C2CCCN(S(=O)(=O)c3cccc([N+](=O)[O-])c3)C2)n(C2CC2)c1=O. The van der Waals surface area contributed by atoms with Gasteiger partial charge in [-0.2, -0.15) is 9.40 Å². The number of nitro benzene ring substituents is 1. The zero-order valence-corrected chi connectivity index (χ0v) is 18.0. The van der Waals surface area contributed by atoms with Gasteiger partial charge in [-0.15, -0.1) is 0 Å². The second-order valence-electron chi connectivity index (χ2n) is 7.91. The summed E-state index contributed by atoms with van der Waals surface area (Å²) < 4.78 is 35.9. The molecule has 1 aromatic heterocycles. The summed E-state index contributed by atoms with van der Waals surface area (Å²) in [6.45, 7) is 1.20. The van der Waals surface area contributed by atoms with Crippen LogP contribution in [0.3, 0.4) is 0 Å². The number of nitro groups is 1. The van der Waals surface area contributed by atoms with Gasteiger partial charge in [0, 0.05) is 44.3 Å². The number of hydrogen-bond acceptors (Lipinski definition) is 7. The van der Waals surface area contributed by atoms with E-state index >= 15 is 0 Å². The van der Waals surface area contributed by atoms with Crippen molar-refractivity contribution < 1.29 is 18.1 Å². The highest BCUT2D eigenvalue weighted by molar-refractivity contribution is 7.89. The topological polar surface area (TPSA) is 130 Å². The molecule has 1 aliphatic heterocycles. The lowest BCUT2D eigenvalue weighted by molar-refractivity contribution is -0.385. The van der Waals surface area contributed by atoms with Gasteiger partial charge in [-0.05, 0) is 31.7 Å². The van der Waals surface area contributed by atoms with Crippen molar-refractivity contribution in [1.29, 1.82) is 0 Å². The Morgan fingerprint density at radius 3 is 2.74 bits per heavy atom. The molecule has 0 N–H and O–H groups in total. The molecule has 1 aliphatic carbocycles. The molecular weight excluding hydrogens is 426 g/mol. The standard InChI is InChI=1S/C19H25N5O6S/c1-30-11-10-22-19(25)23(15-7-8-15)18(20-22)14-4-3-9-21(13-14)31(28,29)17-6-2-5-16(12-17)24(26)27/h2,5-6,12,14-15H,3-4,7-11,13H2,1H3. The van der Waals surface area contributed by atoms with E-state index in [0.29, 0.717) is 38.4 Å². The van der Waals surface area contributed by atoms with Gasteiger partial charge in [-0.25, -0.2) is 17.9 Å². The largest absolute Gasteiger partial charge is 0.383 e. The average molecular weight is 452 g/mol. The lowest BCUT2D eigenvalue weighted by atomic mass is 9.99. The maximum Gasteiger partial charge on any atom is 0.346 e. The lowest BCUT2D eigenvalue weighted by Gasteiger charge is -2.31.